The van der Waals surface area contributed by atoms with Gasteiger partial charge in [-0.3, -0.25) is 0 Å². The monoisotopic (exact) mass is 241 g/mol. The van der Waals surface area contributed by atoms with Crippen LogP contribution >= 0.6 is 0 Å². The minimum atomic E-state index is -3.63. The van der Waals surface area contributed by atoms with Crippen LogP contribution in [-0.2, 0) is 10.0 Å². The van der Waals surface area contributed by atoms with E-state index in [9.17, 15) is 8.42 Å². The fourth-order valence-electron chi connectivity index (χ4n) is 1.59. The van der Waals surface area contributed by atoms with Gasteiger partial charge in [-0.05, 0) is 0 Å². The van der Waals surface area contributed by atoms with Gasteiger partial charge in [0.2, 0.25) is 0 Å². The van der Waals surface area contributed by atoms with Crippen molar-refractivity contribution in [1.29, 1.82) is 5.26 Å². The normalized spacial score (nSPS) is 22.8. The minimum Gasteiger partial charge on any atom is -0.335 e. The Hall–Kier alpha value is -1.43. The maximum absolute atomic E-state index is 12.1. The molecule has 0 spiro atoms. The van der Waals surface area contributed by atoms with Gasteiger partial charge in [-0.1, -0.05) is 0 Å². The summed E-state index contributed by atoms with van der Waals surface area (Å²) < 4.78 is 25.4. The summed E-state index contributed by atoms with van der Waals surface area (Å²) in [5.41, 5.74) is 0. The maximum atomic E-state index is 12.1. The van der Waals surface area contributed by atoms with Gasteiger partial charge >= 0.3 is 0 Å². The molecule has 0 saturated carbocycles. The quantitative estimate of drug-likeness (QED) is 0.684. The number of aromatic nitrogens is 2. The Balaban J connectivity index is 2.33. The second kappa shape index (κ2) is 4.21. The number of nitrogens with one attached hydrogen (secondary N) is 2. The number of rotatable bonds is 2. The molecule has 1 atom stereocenters. The molecule has 0 bridgehead atoms. The van der Waals surface area contributed by atoms with Crippen molar-refractivity contribution in [1.82, 2.24) is 19.6 Å². The van der Waals surface area contributed by atoms with Gasteiger partial charge < -0.3 is 10.3 Å². The van der Waals surface area contributed by atoms with Crippen LogP contribution in [0, 0.1) is 11.3 Å². The third-order valence-corrected chi connectivity index (χ3v) is 4.24. The van der Waals surface area contributed by atoms with E-state index < -0.39 is 16.1 Å². The van der Waals surface area contributed by atoms with Crippen molar-refractivity contribution in [3.05, 3.63) is 12.5 Å². The maximum Gasteiger partial charge on any atom is 0.261 e. The van der Waals surface area contributed by atoms with E-state index in [-0.39, 0.29) is 5.03 Å². The number of hydrogen-bond donors (Lipinski definition) is 2. The van der Waals surface area contributed by atoms with Gasteiger partial charge in [0.15, 0.2) is 5.03 Å². The number of nitrogens with zero attached hydrogens (tertiary/aromatic N) is 3. The zero-order chi connectivity index (χ0) is 11.6. The van der Waals surface area contributed by atoms with Gasteiger partial charge in [0.1, 0.15) is 6.04 Å². The molecule has 8 heteroatoms. The highest BCUT2D eigenvalue weighted by atomic mass is 32.2. The molecule has 1 aliphatic heterocycles. The third kappa shape index (κ3) is 1.80. The number of aromatic amines is 1. The molecule has 1 aliphatic rings. The first-order valence-electron chi connectivity index (χ1n) is 4.77. The Morgan fingerprint density at radius 3 is 3.06 bits per heavy atom. The fraction of sp³-hybridized carbons (Fsp3) is 0.500. The lowest BCUT2D eigenvalue weighted by Crippen LogP contribution is -2.52. The average molecular weight is 241 g/mol. The topological polar surface area (TPSA) is 102 Å². The van der Waals surface area contributed by atoms with Crippen molar-refractivity contribution >= 4 is 10.0 Å². The summed E-state index contributed by atoms with van der Waals surface area (Å²) in [6, 6.07) is 1.31. The summed E-state index contributed by atoms with van der Waals surface area (Å²) >= 11 is 0. The van der Waals surface area contributed by atoms with Gasteiger partial charge in [0, 0.05) is 19.6 Å². The zero-order valence-electron chi connectivity index (χ0n) is 8.42. The fourth-order valence-corrected chi connectivity index (χ4v) is 3.03. The molecule has 16 heavy (non-hydrogen) atoms. The van der Waals surface area contributed by atoms with E-state index in [1.165, 1.54) is 16.8 Å². The molecule has 2 N–H and O–H groups in total. The lowest BCUT2D eigenvalue weighted by molar-refractivity contribution is 0.311. The molecule has 0 aromatic carbocycles. The SMILES string of the molecule is N#CC1CNCCN1S(=O)(=O)c1cnc[nH]1. The van der Waals surface area contributed by atoms with E-state index in [2.05, 4.69) is 15.3 Å². The first kappa shape index (κ1) is 11.1. The number of hydrogen-bond acceptors (Lipinski definition) is 5. The van der Waals surface area contributed by atoms with Crippen molar-refractivity contribution < 1.29 is 8.42 Å². The van der Waals surface area contributed by atoms with E-state index in [1.54, 1.807) is 0 Å². The van der Waals surface area contributed by atoms with Crippen molar-refractivity contribution in [2.24, 2.45) is 0 Å². The van der Waals surface area contributed by atoms with Gasteiger partial charge in [-0.15, -0.1) is 0 Å². The number of nitriles is 1. The number of imidazole rings is 1. The Kier molecular flexibility index (Phi) is 2.91. The van der Waals surface area contributed by atoms with Crippen LogP contribution in [0.3, 0.4) is 0 Å². The molecule has 0 amide bonds. The third-order valence-electron chi connectivity index (χ3n) is 2.40. The van der Waals surface area contributed by atoms with E-state index >= 15 is 0 Å². The molecule has 1 aromatic heterocycles. The zero-order valence-corrected chi connectivity index (χ0v) is 9.24. The van der Waals surface area contributed by atoms with Gasteiger partial charge in [0.05, 0.1) is 18.6 Å². The van der Waals surface area contributed by atoms with Crippen molar-refractivity contribution in [2.45, 2.75) is 11.1 Å². The second-order valence-corrected chi connectivity index (χ2v) is 5.24. The molecule has 1 unspecified atom stereocenters. The Labute approximate surface area is 93.1 Å². The Bertz CT molecular complexity index is 489. The predicted molar refractivity (Wildman–Crippen MR) is 54.8 cm³/mol. The highest BCUT2D eigenvalue weighted by Crippen LogP contribution is 2.16. The molecular weight excluding hydrogens is 230 g/mol. The first-order chi connectivity index (χ1) is 7.66. The summed E-state index contributed by atoms with van der Waals surface area (Å²) in [7, 11) is -3.63. The van der Waals surface area contributed by atoms with Gasteiger partial charge in [-0.25, -0.2) is 13.4 Å². The lowest BCUT2D eigenvalue weighted by Gasteiger charge is -2.30. The molecule has 0 aliphatic carbocycles. The standard InChI is InChI=1S/C8H11N5O2S/c9-3-7-4-10-1-2-13(7)16(14,15)8-5-11-6-12-8/h5-7,10H,1-2,4H2,(H,11,12). The van der Waals surface area contributed by atoms with Crippen LogP contribution in [0.2, 0.25) is 0 Å². The first-order valence-corrected chi connectivity index (χ1v) is 6.21. The summed E-state index contributed by atoms with van der Waals surface area (Å²) in [4.78, 5) is 6.22. The summed E-state index contributed by atoms with van der Waals surface area (Å²) in [6.45, 7) is 1.19. The van der Waals surface area contributed by atoms with Gasteiger partial charge in [0.25, 0.3) is 10.0 Å². The lowest BCUT2D eigenvalue weighted by atomic mass is 10.3. The van der Waals surface area contributed by atoms with Gasteiger partial charge in [-0.2, -0.15) is 9.57 Å². The Morgan fingerprint density at radius 2 is 2.44 bits per heavy atom. The van der Waals surface area contributed by atoms with E-state index in [1.807, 2.05) is 6.07 Å². The molecule has 1 fully saturated rings. The molecule has 86 valence electrons. The van der Waals surface area contributed by atoms with Crippen LogP contribution in [0.4, 0.5) is 0 Å². The van der Waals surface area contributed by atoms with Crippen molar-refractivity contribution in [3.8, 4) is 6.07 Å². The van der Waals surface area contributed by atoms with Crippen LogP contribution in [0.1, 0.15) is 0 Å². The summed E-state index contributed by atoms with van der Waals surface area (Å²) in [6.07, 6.45) is 2.54. The molecule has 1 saturated heterocycles. The summed E-state index contributed by atoms with van der Waals surface area (Å²) in [5.74, 6) is 0. The average Bonchev–Trinajstić information content (AvgIpc) is 2.83. The molecule has 7 nitrogen and oxygen atoms in total. The molecule has 2 rings (SSSR count). The smallest absolute Gasteiger partial charge is 0.261 e. The van der Waals surface area contributed by atoms with Crippen LogP contribution < -0.4 is 5.32 Å². The highest BCUT2D eigenvalue weighted by Gasteiger charge is 2.34. The molecule has 1 aromatic rings. The largest absolute Gasteiger partial charge is 0.335 e. The summed E-state index contributed by atoms with van der Waals surface area (Å²) in [5, 5.41) is 11.9. The predicted octanol–water partition coefficient (Wildman–Crippen LogP) is -1.10. The number of sulfonamides is 1. The van der Waals surface area contributed by atoms with E-state index in [0.717, 1.165) is 0 Å². The Morgan fingerprint density at radius 1 is 1.62 bits per heavy atom. The van der Waals surface area contributed by atoms with Crippen LogP contribution in [-0.4, -0.2) is 48.4 Å². The number of piperazine rings is 1. The highest BCUT2D eigenvalue weighted by molar-refractivity contribution is 7.89. The van der Waals surface area contributed by atoms with Crippen molar-refractivity contribution in [3.63, 3.8) is 0 Å². The van der Waals surface area contributed by atoms with Crippen LogP contribution in [0.15, 0.2) is 17.6 Å². The number of H-pyrrole nitrogens is 1. The second-order valence-electron chi connectivity index (χ2n) is 3.38. The van der Waals surface area contributed by atoms with E-state index in [4.69, 9.17) is 5.26 Å². The molecule has 2 heterocycles. The molecule has 0 radical (unpaired) electrons. The van der Waals surface area contributed by atoms with Crippen LogP contribution in [0.25, 0.3) is 0 Å². The molecular formula is C8H11N5O2S. The minimum absolute atomic E-state index is 0.0228. The van der Waals surface area contributed by atoms with E-state index in [0.29, 0.717) is 19.6 Å². The van der Waals surface area contributed by atoms with Crippen molar-refractivity contribution in [2.75, 3.05) is 19.6 Å². The van der Waals surface area contributed by atoms with Crippen LogP contribution in [0.5, 0.6) is 0 Å².